The predicted octanol–water partition coefficient (Wildman–Crippen LogP) is 0.607. The molecule has 0 aliphatic carbocycles. The number of aromatic nitrogens is 2. The molecule has 6 nitrogen and oxygen atoms in total. The monoisotopic (exact) mass is 225 g/mol. The van der Waals surface area contributed by atoms with Gasteiger partial charge in [-0.05, 0) is 6.92 Å². The maximum Gasteiger partial charge on any atom is 0.298 e. The molecule has 16 heavy (non-hydrogen) atoms. The van der Waals surface area contributed by atoms with Crippen LogP contribution in [0.4, 0.5) is 0 Å². The largest absolute Gasteiger partial charge is 0.478 e. The Bertz CT molecular complexity index is 414. The van der Waals surface area contributed by atoms with Gasteiger partial charge in [0.1, 0.15) is 0 Å². The molecule has 1 aliphatic rings. The topological polar surface area (TPSA) is 56.6 Å². The lowest BCUT2D eigenvalue weighted by atomic mass is 10.2. The molecule has 1 aliphatic heterocycles. The molecule has 0 spiro atoms. The Morgan fingerprint density at radius 2 is 2.38 bits per heavy atom. The Morgan fingerprint density at radius 3 is 3.00 bits per heavy atom. The van der Waals surface area contributed by atoms with E-state index in [0.717, 1.165) is 23.6 Å². The molecule has 2 heterocycles. The standard InChI is InChI=1S/C10H15N3O3/c1-7-8(9(14)12(2)15-3)11-13-5-4-6-16-10(7)13/h4-6H2,1-3H3. The van der Waals surface area contributed by atoms with Crippen LogP contribution in [-0.2, 0) is 11.4 Å². The zero-order valence-corrected chi connectivity index (χ0v) is 9.69. The van der Waals surface area contributed by atoms with Gasteiger partial charge in [0.25, 0.3) is 5.91 Å². The number of aryl methyl sites for hydroxylation is 1. The van der Waals surface area contributed by atoms with Gasteiger partial charge in [0, 0.05) is 25.6 Å². The zero-order chi connectivity index (χ0) is 11.7. The Kier molecular flexibility index (Phi) is 2.82. The maximum atomic E-state index is 11.9. The molecule has 0 N–H and O–H groups in total. The molecule has 6 heteroatoms. The fourth-order valence-electron chi connectivity index (χ4n) is 1.69. The molecule has 0 bridgehead atoms. The molecule has 0 aromatic carbocycles. The fraction of sp³-hybridized carbons (Fsp3) is 0.600. The van der Waals surface area contributed by atoms with Crippen LogP contribution in [0.25, 0.3) is 0 Å². The second-order valence-electron chi connectivity index (χ2n) is 3.69. The van der Waals surface area contributed by atoms with Crippen molar-refractivity contribution in [3.63, 3.8) is 0 Å². The number of ether oxygens (including phenoxy) is 1. The van der Waals surface area contributed by atoms with E-state index in [1.54, 1.807) is 11.7 Å². The van der Waals surface area contributed by atoms with E-state index in [-0.39, 0.29) is 5.91 Å². The predicted molar refractivity (Wildman–Crippen MR) is 56.2 cm³/mol. The van der Waals surface area contributed by atoms with Crippen LogP contribution in [0.2, 0.25) is 0 Å². The molecule has 0 unspecified atom stereocenters. The molecule has 0 fully saturated rings. The summed E-state index contributed by atoms with van der Waals surface area (Å²) >= 11 is 0. The van der Waals surface area contributed by atoms with Gasteiger partial charge in [0.05, 0.1) is 13.7 Å². The summed E-state index contributed by atoms with van der Waals surface area (Å²) in [7, 11) is 3.00. The molecule has 0 saturated heterocycles. The summed E-state index contributed by atoms with van der Waals surface area (Å²) in [4.78, 5) is 16.7. The van der Waals surface area contributed by atoms with Gasteiger partial charge in [-0.25, -0.2) is 9.75 Å². The number of carbonyl (C=O) groups excluding carboxylic acids is 1. The van der Waals surface area contributed by atoms with Gasteiger partial charge in [0.15, 0.2) is 5.69 Å². The lowest BCUT2D eigenvalue weighted by Crippen LogP contribution is -2.26. The first-order valence-corrected chi connectivity index (χ1v) is 5.17. The third-order valence-electron chi connectivity index (χ3n) is 2.65. The highest BCUT2D eigenvalue weighted by Gasteiger charge is 2.25. The van der Waals surface area contributed by atoms with Crippen molar-refractivity contribution in [2.24, 2.45) is 0 Å². The first-order chi connectivity index (χ1) is 7.65. The first-order valence-electron chi connectivity index (χ1n) is 5.17. The SMILES string of the molecule is CON(C)C(=O)c1nn2c(c1C)OCCC2. The number of hydroxylamine groups is 2. The van der Waals surface area contributed by atoms with E-state index >= 15 is 0 Å². The average molecular weight is 225 g/mol. The summed E-state index contributed by atoms with van der Waals surface area (Å²) in [5.74, 6) is 0.435. The molecule has 1 amide bonds. The molecule has 88 valence electrons. The van der Waals surface area contributed by atoms with Crippen molar-refractivity contribution in [2.75, 3.05) is 20.8 Å². The Hall–Kier alpha value is -1.56. The number of rotatable bonds is 2. The van der Waals surface area contributed by atoms with Crippen LogP contribution >= 0.6 is 0 Å². The molecule has 1 aromatic heterocycles. The summed E-state index contributed by atoms with van der Waals surface area (Å²) in [6.07, 6.45) is 0.919. The van der Waals surface area contributed by atoms with Crippen LogP contribution in [0.5, 0.6) is 5.88 Å². The van der Waals surface area contributed by atoms with Crippen molar-refractivity contribution in [2.45, 2.75) is 19.9 Å². The van der Waals surface area contributed by atoms with Crippen LogP contribution in [-0.4, -0.2) is 41.5 Å². The van der Waals surface area contributed by atoms with Crippen LogP contribution in [0.3, 0.4) is 0 Å². The van der Waals surface area contributed by atoms with Crippen LogP contribution in [0.15, 0.2) is 0 Å². The van der Waals surface area contributed by atoms with E-state index in [9.17, 15) is 4.79 Å². The van der Waals surface area contributed by atoms with E-state index in [2.05, 4.69) is 5.10 Å². The van der Waals surface area contributed by atoms with Crippen molar-refractivity contribution in [1.29, 1.82) is 0 Å². The zero-order valence-electron chi connectivity index (χ0n) is 9.69. The van der Waals surface area contributed by atoms with Crippen LogP contribution in [0, 0.1) is 6.92 Å². The maximum absolute atomic E-state index is 11.9. The Balaban J connectivity index is 2.35. The normalized spacial score (nSPS) is 14.2. The highest BCUT2D eigenvalue weighted by molar-refractivity contribution is 5.93. The summed E-state index contributed by atoms with van der Waals surface area (Å²) in [6.45, 7) is 3.31. The number of hydrogen-bond donors (Lipinski definition) is 0. The number of hydrogen-bond acceptors (Lipinski definition) is 4. The number of amides is 1. The second-order valence-corrected chi connectivity index (χ2v) is 3.69. The van der Waals surface area contributed by atoms with Crippen molar-refractivity contribution in [3.05, 3.63) is 11.3 Å². The quantitative estimate of drug-likeness (QED) is 0.692. The Labute approximate surface area is 93.7 Å². The summed E-state index contributed by atoms with van der Waals surface area (Å²) < 4.78 is 7.22. The van der Waals surface area contributed by atoms with Crippen molar-refractivity contribution in [3.8, 4) is 5.88 Å². The van der Waals surface area contributed by atoms with E-state index in [1.807, 2.05) is 6.92 Å². The van der Waals surface area contributed by atoms with E-state index in [4.69, 9.17) is 9.57 Å². The molecular formula is C10H15N3O3. The van der Waals surface area contributed by atoms with Gasteiger partial charge in [-0.2, -0.15) is 5.10 Å². The summed E-state index contributed by atoms with van der Waals surface area (Å²) in [5, 5.41) is 5.39. The van der Waals surface area contributed by atoms with Crippen molar-refractivity contribution < 1.29 is 14.4 Å². The van der Waals surface area contributed by atoms with Crippen molar-refractivity contribution in [1.82, 2.24) is 14.8 Å². The number of carbonyl (C=O) groups is 1. The van der Waals surface area contributed by atoms with Gasteiger partial charge >= 0.3 is 0 Å². The molecule has 0 radical (unpaired) electrons. The van der Waals surface area contributed by atoms with E-state index in [0.29, 0.717) is 18.2 Å². The smallest absolute Gasteiger partial charge is 0.298 e. The number of nitrogens with zero attached hydrogens (tertiary/aromatic N) is 3. The molecular weight excluding hydrogens is 210 g/mol. The number of fused-ring (bicyclic) bond motifs is 1. The van der Waals surface area contributed by atoms with Gasteiger partial charge in [0.2, 0.25) is 5.88 Å². The van der Waals surface area contributed by atoms with Crippen molar-refractivity contribution >= 4 is 5.91 Å². The van der Waals surface area contributed by atoms with E-state index in [1.165, 1.54) is 7.11 Å². The lowest BCUT2D eigenvalue weighted by Gasteiger charge is -2.14. The fourth-order valence-corrected chi connectivity index (χ4v) is 1.69. The summed E-state index contributed by atoms with van der Waals surface area (Å²) in [5.41, 5.74) is 1.16. The van der Waals surface area contributed by atoms with Gasteiger partial charge in [-0.3, -0.25) is 9.63 Å². The summed E-state index contributed by atoms with van der Waals surface area (Å²) in [6, 6.07) is 0. The van der Waals surface area contributed by atoms with E-state index < -0.39 is 0 Å². The first kappa shape index (κ1) is 10.9. The Morgan fingerprint density at radius 1 is 1.62 bits per heavy atom. The molecule has 2 rings (SSSR count). The van der Waals surface area contributed by atoms with Crippen LogP contribution < -0.4 is 4.74 Å². The molecule has 0 saturated carbocycles. The molecule has 1 aromatic rings. The second kappa shape index (κ2) is 4.13. The highest BCUT2D eigenvalue weighted by atomic mass is 16.7. The van der Waals surface area contributed by atoms with Gasteiger partial charge in [-0.1, -0.05) is 0 Å². The van der Waals surface area contributed by atoms with Crippen LogP contribution in [0.1, 0.15) is 22.5 Å². The third-order valence-corrected chi connectivity index (χ3v) is 2.65. The minimum absolute atomic E-state index is 0.259. The minimum atomic E-state index is -0.259. The third kappa shape index (κ3) is 1.65. The van der Waals surface area contributed by atoms with Gasteiger partial charge in [-0.15, -0.1) is 0 Å². The lowest BCUT2D eigenvalue weighted by molar-refractivity contribution is -0.0761. The minimum Gasteiger partial charge on any atom is -0.478 e. The van der Waals surface area contributed by atoms with Gasteiger partial charge < -0.3 is 4.74 Å². The average Bonchev–Trinajstić information content (AvgIpc) is 2.65. The molecule has 0 atom stereocenters. The highest BCUT2D eigenvalue weighted by Crippen LogP contribution is 2.25.